The topological polar surface area (TPSA) is 71.1 Å². The van der Waals surface area contributed by atoms with Crippen molar-refractivity contribution < 1.29 is 14.3 Å². The number of amidine groups is 1. The van der Waals surface area contributed by atoms with Crippen LogP contribution in [0.3, 0.4) is 0 Å². The Balaban J connectivity index is 2.31. The van der Waals surface area contributed by atoms with Crippen LogP contribution >= 0.6 is 15.9 Å². The molecule has 1 aromatic carbocycles. The summed E-state index contributed by atoms with van der Waals surface area (Å²) < 4.78 is 20.0. The van der Waals surface area contributed by atoms with Crippen molar-refractivity contribution in [3.8, 4) is 0 Å². The Morgan fingerprint density at radius 1 is 1.50 bits per heavy atom. The largest absolute Gasteiger partial charge is 0.409 e. The highest BCUT2D eigenvalue weighted by molar-refractivity contribution is 9.10. The van der Waals surface area contributed by atoms with Gasteiger partial charge in [0.15, 0.2) is 11.7 Å². The molecule has 1 aromatic rings. The van der Waals surface area contributed by atoms with Crippen LogP contribution in [0.4, 0.5) is 10.1 Å². The van der Waals surface area contributed by atoms with Crippen LogP contribution in [0.5, 0.6) is 0 Å². The Morgan fingerprint density at radius 3 is 2.75 bits per heavy atom. The Kier molecular flexibility index (Phi) is 4.82. The summed E-state index contributed by atoms with van der Waals surface area (Å²) in [5.74, 6) is -0.542. The van der Waals surface area contributed by atoms with E-state index >= 15 is 0 Å². The third kappa shape index (κ3) is 2.88. The van der Waals surface area contributed by atoms with Gasteiger partial charge in [0.25, 0.3) is 0 Å². The fourth-order valence-electron chi connectivity index (χ4n) is 2.33. The van der Waals surface area contributed by atoms with E-state index < -0.39 is 5.82 Å². The van der Waals surface area contributed by atoms with E-state index in [1.807, 2.05) is 11.9 Å². The van der Waals surface area contributed by atoms with Gasteiger partial charge in [-0.05, 0) is 40.9 Å². The molecule has 0 spiro atoms. The summed E-state index contributed by atoms with van der Waals surface area (Å²) in [6.45, 7) is 1.39. The summed E-state index contributed by atoms with van der Waals surface area (Å²) in [7, 11) is 1.87. The number of anilines is 1. The van der Waals surface area contributed by atoms with Crippen LogP contribution in [0.25, 0.3) is 0 Å². The van der Waals surface area contributed by atoms with Gasteiger partial charge in [0.05, 0.1) is 10.2 Å². The average Bonchev–Trinajstić information content (AvgIpc) is 2.49. The number of rotatable bonds is 3. The fourth-order valence-corrected chi connectivity index (χ4v) is 2.87. The first-order valence-electron chi connectivity index (χ1n) is 6.32. The molecule has 1 heterocycles. The maximum Gasteiger partial charge on any atom is 0.171 e. The fraction of sp³-hybridized carbons (Fsp3) is 0.462. The predicted octanol–water partition coefficient (Wildman–Crippen LogP) is 2.30. The zero-order chi connectivity index (χ0) is 14.7. The van der Waals surface area contributed by atoms with Gasteiger partial charge in [-0.1, -0.05) is 5.16 Å². The Bertz CT molecular complexity index is 519. The van der Waals surface area contributed by atoms with E-state index in [1.54, 1.807) is 12.1 Å². The molecule has 2 rings (SSSR count). The smallest absolute Gasteiger partial charge is 0.171 e. The highest BCUT2D eigenvalue weighted by atomic mass is 79.9. The van der Waals surface area contributed by atoms with E-state index in [4.69, 9.17) is 15.7 Å². The molecular formula is C13H17BrFN3O2. The molecule has 0 atom stereocenters. The number of nitrogens with two attached hydrogens (primary N) is 1. The van der Waals surface area contributed by atoms with E-state index in [-0.39, 0.29) is 16.4 Å². The molecule has 7 heteroatoms. The maximum atomic E-state index is 14.5. The van der Waals surface area contributed by atoms with Gasteiger partial charge in [-0.3, -0.25) is 0 Å². The van der Waals surface area contributed by atoms with Crippen LogP contribution in [0.1, 0.15) is 18.4 Å². The molecule has 110 valence electrons. The molecule has 0 aromatic heterocycles. The minimum Gasteiger partial charge on any atom is -0.409 e. The predicted molar refractivity (Wildman–Crippen MR) is 78.9 cm³/mol. The first-order valence-corrected chi connectivity index (χ1v) is 7.12. The van der Waals surface area contributed by atoms with Gasteiger partial charge >= 0.3 is 0 Å². The number of halogens is 2. The van der Waals surface area contributed by atoms with Gasteiger partial charge < -0.3 is 20.6 Å². The number of hydrogen-bond donors (Lipinski definition) is 2. The number of nitrogens with zero attached hydrogens (tertiary/aromatic N) is 2. The van der Waals surface area contributed by atoms with Crippen molar-refractivity contribution in [3.63, 3.8) is 0 Å². The molecule has 5 nitrogen and oxygen atoms in total. The third-order valence-electron chi connectivity index (χ3n) is 3.56. The summed E-state index contributed by atoms with van der Waals surface area (Å²) in [5.41, 5.74) is 6.32. The molecule has 0 radical (unpaired) electrons. The van der Waals surface area contributed by atoms with E-state index in [1.165, 1.54) is 0 Å². The second-order valence-corrected chi connectivity index (χ2v) is 5.49. The van der Waals surface area contributed by atoms with Crippen molar-refractivity contribution in [3.05, 3.63) is 28.0 Å². The SMILES string of the molecule is CN(c1ccc(/C(N)=N/O)c(Br)c1F)C1CCOCC1. The van der Waals surface area contributed by atoms with Crippen LogP contribution in [-0.2, 0) is 4.74 Å². The molecule has 0 amide bonds. The van der Waals surface area contributed by atoms with Gasteiger partial charge in [0.2, 0.25) is 0 Å². The molecule has 1 fully saturated rings. The normalized spacial score (nSPS) is 17.2. The van der Waals surface area contributed by atoms with Gasteiger partial charge in [0, 0.05) is 31.9 Å². The van der Waals surface area contributed by atoms with Crippen molar-refractivity contribution in [1.82, 2.24) is 0 Å². The summed E-state index contributed by atoms with van der Waals surface area (Å²) in [5, 5.41) is 11.6. The maximum absolute atomic E-state index is 14.5. The van der Waals surface area contributed by atoms with Crippen LogP contribution < -0.4 is 10.6 Å². The van der Waals surface area contributed by atoms with Crippen LogP contribution in [0.15, 0.2) is 21.8 Å². The molecule has 0 bridgehead atoms. The summed E-state index contributed by atoms with van der Waals surface area (Å²) >= 11 is 3.17. The van der Waals surface area contributed by atoms with Crippen molar-refractivity contribution >= 4 is 27.5 Å². The lowest BCUT2D eigenvalue weighted by atomic mass is 10.1. The monoisotopic (exact) mass is 345 g/mol. The van der Waals surface area contributed by atoms with Gasteiger partial charge in [0.1, 0.15) is 0 Å². The molecule has 0 unspecified atom stereocenters. The summed E-state index contributed by atoms with van der Waals surface area (Å²) in [6, 6.07) is 3.52. The molecular weight excluding hydrogens is 329 g/mol. The van der Waals surface area contributed by atoms with Crippen LogP contribution in [0, 0.1) is 5.82 Å². The van der Waals surface area contributed by atoms with Crippen molar-refractivity contribution in [1.29, 1.82) is 0 Å². The first-order chi connectivity index (χ1) is 9.56. The van der Waals surface area contributed by atoms with E-state index in [2.05, 4.69) is 21.1 Å². The average molecular weight is 346 g/mol. The third-order valence-corrected chi connectivity index (χ3v) is 4.34. The van der Waals surface area contributed by atoms with E-state index in [9.17, 15) is 4.39 Å². The Hall–Kier alpha value is -1.34. The van der Waals surface area contributed by atoms with Gasteiger partial charge in [-0.15, -0.1) is 0 Å². The molecule has 0 aliphatic carbocycles. The van der Waals surface area contributed by atoms with Crippen molar-refractivity contribution in [2.45, 2.75) is 18.9 Å². The molecule has 0 saturated carbocycles. The Labute approximate surface area is 125 Å². The zero-order valence-electron chi connectivity index (χ0n) is 11.1. The van der Waals surface area contributed by atoms with Crippen LogP contribution in [-0.4, -0.2) is 37.3 Å². The molecule has 20 heavy (non-hydrogen) atoms. The second-order valence-electron chi connectivity index (χ2n) is 4.70. The van der Waals surface area contributed by atoms with Crippen LogP contribution in [0.2, 0.25) is 0 Å². The van der Waals surface area contributed by atoms with E-state index in [0.29, 0.717) is 24.5 Å². The quantitative estimate of drug-likeness (QED) is 0.381. The minimum absolute atomic E-state index is 0.129. The highest BCUT2D eigenvalue weighted by Crippen LogP contribution is 2.31. The van der Waals surface area contributed by atoms with Crippen molar-refractivity contribution in [2.75, 3.05) is 25.2 Å². The second kappa shape index (κ2) is 6.41. The van der Waals surface area contributed by atoms with Crippen molar-refractivity contribution in [2.24, 2.45) is 10.9 Å². The minimum atomic E-state index is -0.414. The zero-order valence-corrected chi connectivity index (χ0v) is 12.7. The van der Waals surface area contributed by atoms with Gasteiger partial charge in [-0.2, -0.15) is 0 Å². The number of oxime groups is 1. The molecule has 1 aliphatic rings. The number of benzene rings is 1. The first kappa shape index (κ1) is 15.1. The van der Waals surface area contributed by atoms with E-state index in [0.717, 1.165) is 12.8 Å². The standard InChI is InChI=1S/C13H17BrFN3O2/c1-18(8-4-6-20-7-5-8)10-3-2-9(13(16)17-19)11(14)12(10)15/h2-3,8,19H,4-7H2,1H3,(H2,16,17). The molecule has 1 aliphatic heterocycles. The lowest BCUT2D eigenvalue weighted by Crippen LogP contribution is -2.37. The summed E-state index contributed by atoms with van der Waals surface area (Å²) in [6.07, 6.45) is 1.74. The molecule has 3 N–H and O–H groups in total. The molecule has 1 saturated heterocycles. The highest BCUT2D eigenvalue weighted by Gasteiger charge is 2.23. The lowest BCUT2D eigenvalue weighted by molar-refractivity contribution is 0.0853. The van der Waals surface area contributed by atoms with Gasteiger partial charge in [-0.25, -0.2) is 4.39 Å². The summed E-state index contributed by atoms with van der Waals surface area (Å²) in [4.78, 5) is 1.92. The number of ether oxygens (including phenoxy) is 1. The lowest BCUT2D eigenvalue weighted by Gasteiger charge is -2.33. The number of hydrogen-bond acceptors (Lipinski definition) is 4. The Morgan fingerprint density at radius 2 is 2.15 bits per heavy atom.